The zero-order valence-corrected chi connectivity index (χ0v) is 18.7. The van der Waals surface area contributed by atoms with Crippen molar-refractivity contribution in [3.8, 4) is 5.75 Å². The third-order valence-electron chi connectivity index (χ3n) is 6.15. The molecule has 0 bridgehead atoms. The Morgan fingerprint density at radius 1 is 1.12 bits per heavy atom. The molecule has 0 radical (unpaired) electrons. The summed E-state index contributed by atoms with van der Waals surface area (Å²) >= 11 is 0. The molecule has 174 valence electrons. The van der Waals surface area contributed by atoms with Crippen molar-refractivity contribution in [3.63, 3.8) is 0 Å². The lowest BCUT2D eigenvalue weighted by atomic mass is 9.94. The van der Waals surface area contributed by atoms with Gasteiger partial charge in [0.05, 0.1) is 31.9 Å². The summed E-state index contributed by atoms with van der Waals surface area (Å²) in [5.41, 5.74) is 1.75. The van der Waals surface area contributed by atoms with Crippen LogP contribution in [0.2, 0.25) is 0 Å². The van der Waals surface area contributed by atoms with Crippen LogP contribution in [0.3, 0.4) is 0 Å². The molecule has 2 heterocycles. The SMILES string of the molecule is COc1ccc(/C(O)=C2\C(=O)C(=O)N(CCN3CCOCC3)[C@@H]2c2ccc(F)cc2)cc1C. The first-order valence-electron chi connectivity index (χ1n) is 10.9. The molecule has 2 aromatic rings. The Morgan fingerprint density at radius 2 is 1.82 bits per heavy atom. The van der Waals surface area contributed by atoms with E-state index in [0.717, 1.165) is 18.7 Å². The van der Waals surface area contributed by atoms with Crippen LogP contribution in [0, 0.1) is 12.7 Å². The smallest absolute Gasteiger partial charge is 0.295 e. The molecule has 2 saturated heterocycles. The average molecular weight is 454 g/mol. The number of rotatable bonds is 6. The Kier molecular flexibility index (Phi) is 6.76. The van der Waals surface area contributed by atoms with Crippen LogP contribution in [0.25, 0.3) is 5.76 Å². The summed E-state index contributed by atoms with van der Waals surface area (Å²) in [4.78, 5) is 29.8. The number of amides is 1. The van der Waals surface area contributed by atoms with E-state index in [2.05, 4.69) is 4.90 Å². The molecular formula is C25H27FN2O5. The first-order valence-corrected chi connectivity index (χ1v) is 10.9. The summed E-state index contributed by atoms with van der Waals surface area (Å²) in [6.45, 7) is 5.43. The van der Waals surface area contributed by atoms with Gasteiger partial charge in [-0.25, -0.2) is 4.39 Å². The molecule has 1 atom stereocenters. The lowest BCUT2D eigenvalue weighted by Crippen LogP contribution is -2.42. The van der Waals surface area contributed by atoms with Crippen molar-refractivity contribution in [2.75, 3.05) is 46.5 Å². The van der Waals surface area contributed by atoms with Gasteiger partial charge in [0.15, 0.2) is 0 Å². The summed E-state index contributed by atoms with van der Waals surface area (Å²) in [6, 6.07) is 9.89. The van der Waals surface area contributed by atoms with Gasteiger partial charge in [0.2, 0.25) is 0 Å². The minimum Gasteiger partial charge on any atom is -0.507 e. The van der Waals surface area contributed by atoms with E-state index in [0.29, 0.717) is 43.2 Å². The number of halogens is 1. The largest absolute Gasteiger partial charge is 0.507 e. The summed E-state index contributed by atoms with van der Waals surface area (Å²) in [5, 5.41) is 11.2. The second-order valence-electron chi connectivity index (χ2n) is 8.18. The first kappa shape index (κ1) is 22.9. The first-order chi connectivity index (χ1) is 15.9. The molecule has 0 unspecified atom stereocenters. The number of carbonyl (C=O) groups is 2. The Bertz CT molecular complexity index is 1080. The number of aliphatic hydroxyl groups excluding tert-OH is 1. The molecule has 1 N–H and O–H groups in total. The van der Waals surface area contributed by atoms with Crippen LogP contribution in [-0.2, 0) is 14.3 Å². The highest BCUT2D eigenvalue weighted by Crippen LogP contribution is 2.39. The molecule has 2 aliphatic rings. The number of likely N-dealkylation sites (tertiary alicyclic amines) is 1. The van der Waals surface area contributed by atoms with Crippen molar-refractivity contribution in [1.82, 2.24) is 9.80 Å². The zero-order valence-electron chi connectivity index (χ0n) is 18.7. The fourth-order valence-corrected chi connectivity index (χ4v) is 4.36. The van der Waals surface area contributed by atoms with Crippen LogP contribution in [-0.4, -0.2) is 73.1 Å². The van der Waals surface area contributed by atoms with Crippen LogP contribution in [0.4, 0.5) is 4.39 Å². The summed E-state index contributed by atoms with van der Waals surface area (Å²) in [7, 11) is 1.55. The molecule has 1 amide bonds. The number of nitrogens with zero attached hydrogens (tertiary/aromatic N) is 2. The average Bonchev–Trinajstić information content (AvgIpc) is 3.08. The molecule has 8 heteroatoms. The predicted octanol–water partition coefficient (Wildman–Crippen LogP) is 2.90. The highest BCUT2D eigenvalue weighted by Gasteiger charge is 2.46. The number of carbonyl (C=O) groups excluding carboxylic acids is 2. The number of aliphatic hydroxyl groups is 1. The standard InChI is InChI=1S/C25H27FN2O5/c1-16-15-18(5-8-20(16)32-2)23(29)21-22(17-3-6-19(26)7-4-17)28(25(31)24(21)30)10-9-27-11-13-33-14-12-27/h3-8,15,22,29H,9-14H2,1-2H3/b23-21+/t22-/m1/s1. The summed E-state index contributed by atoms with van der Waals surface area (Å²) in [6.07, 6.45) is 0. The summed E-state index contributed by atoms with van der Waals surface area (Å²) in [5.74, 6) is -1.47. The number of hydrogen-bond donors (Lipinski definition) is 1. The normalized spacial score (nSPS) is 20.9. The van der Waals surface area contributed by atoms with E-state index < -0.39 is 23.5 Å². The highest BCUT2D eigenvalue weighted by atomic mass is 19.1. The molecule has 4 rings (SSSR count). The number of Topliss-reactive ketones (excluding diaryl/α,β-unsaturated/α-hetero) is 1. The quantitative estimate of drug-likeness (QED) is 0.411. The topological polar surface area (TPSA) is 79.3 Å². The maximum absolute atomic E-state index is 13.6. The van der Waals surface area contributed by atoms with Crippen molar-refractivity contribution >= 4 is 17.4 Å². The fourth-order valence-electron chi connectivity index (χ4n) is 4.36. The van der Waals surface area contributed by atoms with E-state index >= 15 is 0 Å². The van der Waals surface area contributed by atoms with Crippen molar-refractivity contribution in [3.05, 3.63) is 70.5 Å². The molecule has 7 nitrogen and oxygen atoms in total. The third-order valence-corrected chi connectivity index (χ3v) is 6.15. The van der Waals surface area contributed by atoms with Gasteiger partial charge in [-0.05, 0) is 48.4 Å². The van der Waals surface area contributed by atoms with Crippen molar-refractivity contribution < 1.29 is 28.6 Å². The number of ketones is 1. The Morgan fingerprint density at radius 3 is 2.45 bits per heavy atom. The Labute approximate surface area is 192 Å². The number of ether oxygens (including phenoxy) is 2. The predicted molar refractivity (Wildman–Crippen MR) is 120 cm³/mol. The second kappa shape index (κ2) is 9.72. The van der Waals surface area contributed by atoms with Gasteiger partial charge in [0.25, 0.3) is 11.7 Å². The van der Waals surface area contributed by atoms with E-state index in [9.17, 15) is 19.1 Å². The molecule has 2 aliphatic heterocycles. The van der Waals surface area contributed by atoms with Gasteiger partial charge in [0.1, 0.15) is 17.3 Å². The van der Waals surface area contributed by atoms with E-state index in [1.54, 1.807) is 37.4 Å². The molecule has 0 saturated carbocycles. The van der Waals surface area contributed by atoms with Gasteiger partial charge in [-0.1, -0.05) is 12.1 Å². The fraction of sp³-hybridized carbons (Fsp3) is 0.360. The van der Waals surface area contributed by atoms with Crippen LogP contribution in [0.1, 0.15) is 22.7 Å². The maximum atomic E-state index is 13.6. The molecule has 0 spiro atoms. The van der Waals surface area contributed by atoms with Crippen LogP contribution < -0.4 is 4.74 Å². The van der Waals surface area contributed by atoms with Gasteiger partial charge >= 0.3 is 0 Å². The Balaban J connectivity index is 1.74. The maximum Gasteiger partial charge on any atom is 0.295 e. The Hall–Kier alpha value is -3.23. The number of benzene rings is 2. The minimum atomic E-state index is -0.811. The number of methoxy groups -OCH3 is 1. The molecule has 33 heavy (non-hydrogen) atoms. The lowest BCUT2D eigenvalue weighted by molar-refractivity contribution is -0.140. The second-order valence-corrected chi connectivity index (χ2v) is 8.18. The van der Waals surface area contributed by atoms with E-state index in [1.165, 1.54) is 17.0 Å². The minimum absolute atomic E-state index is 0.00171. The van der Waals surface area contributed by atoms with Crippen LogP contribution in [0.15, 0.2) is 48.0 Å². The number of hydrogen-bond acceptors (Lipinski definition) is 6. The highest BCUT2D eigenvalue weighted by molar-refractivity contribution is 6.46. The van der Waals surface area contributed by atoms with Gasteiger partial charge < -0.3 is 19.5 Å². The van der Waals surface area contributed by atoms with Gasteiger partial charge in [0, 0.05) is 31.7 Å². The zero-order chi connectivity index (χ0) is 23.5. The molecule has 0 aliphatic carbocycles. The third kappa shape index (κ3) is 4.62. The number of morpholine rings is 1. The van der Waals surface area contributed by atoms with Gasteiger partial charge in [-0.2, -0.15) is 0 Å². The van der Waals surface area contributed by atoms with Crippen LogP contribution >= 0.6 is 0 Å². The van der Waals surface area contributed by atoms with E-state index in [-0.39, 0.29) is 11.3 Å². The van der Waals surface area contributed by atoms with E-state index in [1.807, 2.05) is 6.92 Å². The van der Waals surface area contributed by atoms with Crippen LogP contribution in [0.5, 0.6) is 5.75 Å². The molecule has 2 fully saturated rings. The monoisotopic (exact) mass is 454 g/mol. The molecule has 0 aromatic heterocycles. The molecular weight excluding hydrogens is 427 g/mol. The van der Waals surface area contributed by atoms with Crippen molar-refractivity contribution in [2.24, 2.45) is 0 Å². The molecule has 2 aromatic carbocycles. The number of aryl methyl sites for hydroxylation is 1. The summed E-state index contributed by atoms with van der Waals surface area (Å²) < 4.78 is 24.3. The van der Waals surface area contributed by atoms with E-state index in [4.69, 9.17) is 9.47 Å². The van der Waals surface area contributed by atoms with Gasteiger partial charge in [-0.3, -0.25) is 14.5 Å². The van der Waals surface area contributed by atoms with Crippen molar-refractivity contribution in [2.45, 2.75) is 13.0 Å². The van der Waals surface area contributed by atoms with Gasteiger partial charge in [-0.15, -0.1) is 0 Å². The lowest BCUT2D eigenvalue weighted by Gasteiger charge is -2.31. The van der Waals surface area contributed by atoms with Crippen molar-refractivity contribution in [1.29, 1.82) is 0 Å².